The Hall–Kier alpha value is -1.62. The molecule has 1 rings (SSSR count). The molecule has 0 aromatic heterocycles. The van der Waals surface area contributed by atoms with E-state index in [4.69, 9.17) is 9.47 Å². The van der Waals surface area contributed by atoms with Crippen LogP contribution in [0.15, 0.2) is 35.8 Å². The zero-order valence-electron chi connectivity index (χ0n) is 17.0. The van der Waals surface area contributed by atoms with Crippen molar-refractivity contribution in [3.05, 3.63) is 45.9 Å². The smallest absolute Gasteiger partial charge is 0.306 e. The van der Waals surface area contributed by atoms with Gasteiger partial charge in [-0.1, -0.05) is 53.7 Å². The highest BCUT2D eigenvalue weighted by molar-refractivity contribution is 5.26. The van der Waals surface area contributed by atoms with Gasteiger partial charge in [0.15, 0.2) is 5.76 Å². The van der Waals surface area contributed by atoms with E-state index in [1.807, 2.05) is 48.5 Å². The van der Waals surface area contributed by atoms with Gasteiger partial charge in [0.2, 0.25) is 0 Å². The SMILES string of the molecule is C=C(C)/C=C(OCCC1OC1C)\C(=C/C)[N+](=O)[O-].CC.CC.CC. The van der Waals surface area contributed by atoms with Gasteiger partial charge < -0.3 is 9.47 Å². The van der Waals surface area contributed by atoms with Crippen molar-refractivity contribution in [3.63, 3.8) is 0 Å². The predicted octanol–water partition coefficient (Wildman–Crippen LogP) is 5.90. The summed E-state index contributed by atoms with van der Waals surface area (Å²) in [6, 6.07) is 0. The molecule has 0 saturated carbocycles. The molecule has 0 radical (unpaired) electrons. The summed E-state index contributed by atoms with van der Waals surface area (Å²) in [5.41, 5.74) is 0.671. The fraction of sp³-hybridized carbons (Fsp3) is 0.684. The average Bonchev–Trinajstić information content (AvgIpc) is 3.28. The Morgan fingerprint density at radius 2 is 1.71 bits per heavy atom. The molecule has 0 bridgehead atoms. The molecule has 0 aliphatic carbocycles. The number of hydrogen-bond acceptors (Lipinski definition) is 4. The Balaban J connectivity index is -0.000000659. The van der Waals surface area contributed by atoms with Crippen molar-refractivity contribution in [1.29, 1.82) is 0 Å². The third-order valence-electron chi connectivity index (χ3n) is 2.60. The molecule has 1 fully saturated rings. The zero-order chi connectivity index (χ0) is 19.7. The van der Waals surface area contributed by atoms with E-state index in [9.17, 15) is 10.1 Å². The first kappa shape index (κ1) is 27.2. The molecule has 24 heavy (non-hydrogen) atoms. The first-order valence-electron chi connectivity index (χ1n) is 8.92. The molecule has 1 saturated heterocycles. The number of epoxide rings is 1. The highest BCUT2D eigenvalue weighted by Crippen LogP contribution is 2.25. The Morgan fingerprint density at radius 3 is 2.00 bits per heavy atom. The fourth-order valence-electron chi connectivity index (χ4n) is 1.57. The Kier molecular flexibility index (Phi) is 20.1. The summed E-state index contributed by atoms with van der Waals surface area (Å²) in [5, 5.41) is 10.9. The summed E-state index contributed by atoms with van der Waals surface area (Å²) in [7, 11) is 0. The van der Waals surface area contributed by atoms with Crippen molar-refractivity contribution in [3.8, 4) is 0 Å². The van der Waals surface area contributed by atoms with Crippen molar-refractivity contribution >= 4 is 0 Å². The van der Waals surface area contributed by atoms with E-state index in [2.05, 4.69) is 6.58 Å². The molecule has 0 N–H and O–H groups in total. The summed E-state index contributed by atoms with van der Waals surface area (Å²) in [5.74, 6) is 0.253. The van der Waals surface area contributed by atoms with Crippen LogP contribution in [0.1, 0.15) is 68.7 Å². The maximum atomic E-state index is 10.9. The molecule has 0 aromatic carbocycles. The van der Waals surface area contributed by atoms with Crippen LogP contribution < -0.4 is 0 Å². The summed E-state index contributed by atoms with van der Waals surface area (Å²) in [6.45, 7) is 21.5. The number of allylic oxidation sites excluding steroid dienone is 3. The lowest BCUT2D eigenvalue weighted by molar-refractivity contribution is -0.424. The second-order valence-corrected chi connectivity index (χ2v) is 4.30. The van der Waals surface area contributed by atoms with Crippen LogP contribution in [0.2, 0.25) is 0 Å². The molecule has 1 heterocycles. The molecular weight excluding hydrogens is 306 g/mol. The van der Waals surface area contributed by atoms with E-state index in [-0.39, 0.29) is 23.7 Å². The molecule has 142 valence electrons. The zero-order valence-corrected chi connectivity index (χ0v) is 17.0. The molecule has 2 atom stereocenters. The third kappa shape index (κ3) is 12.9. The maximum absolute atomic E-state index is 10.9. The maximum Gasteiger partial charge on any atom is 0.306 e. The Bertz CT molecular complexity index is 400. The third-order valence-corrected chi connectivity index (χ3v) is 2.60. The van der Waals surface area contributed by atoms with Crippen LogP contribution in [0.4, 0.5) is 0 Å². The van der Waals surface area contributed by atoms with Gasteiger partial charge in [0.05, 0.1) is 23.7 Å². The Labute approximate surface area is 148 Å². The minimum Gasteiger partial charge on any atom is -0.487 e. The molecule has 2 unspecified atom stereocenters. The van der Waals surface area contributed by atoms with Crippen molar-refractivity contribution < 1.29 is 14.4 Å². The van der Waals surface area contributed by atoms with Gasteiger partial charge in [-0.2, -0.15) is 0 Å². The van der Waals surface area contributed by atoms with Crippen molar-refractivity contribution in [2.75, 3.05) is 6.61 Å². The summed E-state index contributed by atoms with van der Waals surface area (Å²) in [6.07, 6.45) is 4.24. The molecular formula is C19H37NO4. The van der Waals surface area contributed by atoms with Crippen LogP contribution in [0.5, 0.6) is 0 Å². The van der Waals surface area contributed by atoms with E-state index in [1.54, 1.807) is 19.9 Å². The molecule has 1 aliphatic heterocycles. The number of hydrogen-bond donors (Lipinski definition) is 0. The topological polar surface area (TPSA) is 64.9 Å². The molecule has 0 spiro atoms. The van der Waals surface area contributed by atoms with Gasteiger partial charge in [-0.25, -0.2) is 0 Å². The van der Waals surface area contributed by atoms with E-state index in [0.717, 1.165) is 6.42 Å². The minimum atomic E-state index is -0.453. The first-order valence-corrected chi connectivity index (χ1v) is 8.92. The van der Waals surface area contributed by atoms with E-state index < -0.39 is 4.92 Å². The number of rotatable bonds is 7. The molecule has 5 heteroatoms. The normalized spacial score (nSPS) is 18.5. The number of ether oxygens (including phenoxy) is 2. The van der Waals surface area contributed by atoms with Crippen molar-refractivity contribution in [2.45, 2.75) is 80.9 Å². The second-order valence-electron chi connectivity index (χ2n) is 4.30. The molecule has 0 aromatic rings. The van der Waals surface area contributed by atoms with Gasteiger partial charge in [-0.05, 0) is 32.9 Å². The predicted molar refractivity (Wildman–Crippen MR) is 103 cm³/mol. The van der Waals surface area contributed by atoms with Gasteiger partial charge in [0, 0.05) is 6.42 Å². The summed E-state index contributed by atoms with van der Waals surface area (Å²) < 4.78 is 10.7. The van der Waals surface area contributed by atoms with Gasteiger partial charge >= 0.3 is 5.70 Å². The summed E-state index contributed by atoms with van der Waals surface area (Å²) in [4.78, 5) is 10.4. The lowest BCUT2D eigenvalue weighted by Gasteiger charge is -2.07. The van der Waals surface area contributed by atoms with Crippen molar-refractivity contribution in [1.82, 2.24) is 0 Å². The van der Waals surface area contributed by atoms with Gasteiger partial charge in [-0.15, -0.1) is 0 Å². The average molecular weight is 344 g/mol. The van der Waals surface area contributed by atoms with Crippen LogP contribution in [0.3, 0.4) is 0 Å². The standard InChI is InChI=1S/C13H19NO4.3C2H6/c1-5-11(14(15)16)13(8-9(2)3)17-7-6-12-10(4)18-12;3*1-2/h5,8,10,12H,2,6-7H2,1,3-4H3;3*1-2H3/b11-5+,13-8+;;;. The van der Waals surface area contributed by atoms with Gasteiger partial charge in [0.25, 0.3) is 0 Å². The highest BCUT2D eigenvalue weighted by atomic mass is 16.6. The Morgan fingerprint density at radius 1 is 1.25 bits per heavy atom. The molecule has 1 aliphatic rings. The van der Waals surface area contributed by atoms with Crippen molar-refractivity contribution in [2.24, 2.45) is 0 Å². The summed E-state index contributed by atoms with van der Waals surface area (Å²) >= 11 is 0. The van der Waals surface area contributed by atoms with Crippen LogP contribution in [-0.2, 0) is 9.47 Å². The van der Waals surface area contributed by atoms with E-state index in [0.29, 0.717) is 12.2 Å². The highest BCUT2D eigenvalue weighted by Gasteiger charge is 2.33. The molecule has 5 nitrogen and oxygen atoms in total. The van der Waals surface area contributed by atoms with Gasteiger partial charge in [0.1, 0.15) is 0 Å². The second kappa shape index (κ2) is 17.7. The lowest BCUT2D eigenvalue weighted by atomic mass is 10.2. The first-order chi connectivity index (χ1) is 11.5. The quantitative estimate of drug-likeness (QED) is 0.190. The minimum absolute atomic E-state index is 0.0391. The van der Waals surface area contributed by atoms with E-state index in [1.165, 1.54) is 6.08 Å². The molecule has 0 amide bonds. The largest absolute Gasteiger partial charge is 0.487 e. The van der Waals surface area contributed by atoms with Crippen LogP contribution >= 0.6 is 0 Å². The lowest BCUT2D eigenvalue weighted by Crippen LogP contribution is -2.08. The monoisotopic (exact) mass is 343 g/mol. The van der Waals surface area contributed by atoms with Crippen LogP contribution in [0, 0.1) is 10.1 Å². The van der Waals surface area contributed by atoms with Gasteiger partial charge in [-0.3, -0.25) is 10.1 Å². The fourth-order valence-corrected chi connectivity index (χ4v) is 1.57. The number of nitro groups is 1. The van der Waals surface area contributed by atoms with E-state index >= 15 is 0 Å². The van der Waals surface area contributed by atoms with Crippen LogP contribution in [0.25, 0.3) is 0 Å². The number of nitrogens with zero attached hydrogens (tertiary/aromatic N) is 1. The van der Waals surface area contributed by atoms with Crippen LogP contribution in [-0.4, -0.2) is 23.7 Å².